The smallest absolute Gasteiger partial charge is 0.412 e. The van der Waals surface area contributed by atoms with E-state index in [2.05, 4.69) is 33.0 Å². The maximum atomic E-state index is 12.5. The molecule has 2 unspecified atom stereocenters. The van der Waals surface area contributed by atoms with Crippen LogP contribution in [0.15, 0.2) is 54.6 Å². The normalized spacial score (nSPS) is 14.1. The first kappa shape index (κ1) is 24.0. The number of hydrogen-bond donors (Lipinski definition) is 4. The minimum Gasteiger partial charge on any atom is -0.481 e. The van der Waals surface area contributed by atoms with Crippen molar-refractivity contribution in [3.63, 3.8) is 0 Å². The van der Waals surface area contributed by atoms with Gasteiger partial charge in [0.15, 0.2) is 5.82 Å². The highest BCUT2D eigenvalue weighted by atomic mass is 16.5. The molecule has 3 aromatic rings. The maximum Gasteiger partial charge on any atom is 0.412 e. The Labute approximate surface area is 202 Å². The number of nitrogens with one attached hydrogen (secondary N) is 3. The number of anilines is 1. The highest BCUT2D eigenvalue weighted by Gasteiger charge is 2.30. The summed E-state index contributed by atoms with van der Waals surface area (Å²) < 4.78 is 5.49. The molecule has 9 nitrogen and oxygen atoms in total. The SMILES string of the molecule is CC(C)C(C(=O)O)C(C)NC(=O)c1cc(NC(=O)OCC2c3ccccc3-c3ccccc32)n[nH]1. The summed E-state index contributed by atoms with van der Waals surface area (Å²) in [6.45, 7) is 5.37. The number of aromatic amines is 1. The molecule has 2 atom stereocenters. The molecule has 1 aliphatic rings. The molecule has 0 saturated heterocycles. The highest BCUT2D eigenvalue weighted by molar-refractivity contribution is 5.94. The van der Waals surface area contributed by atoms with Crippen molar-refractivity contribution in [2.75, 3.05) is 11.9 Å². The largest absolute Gasteiger partial charge is 0.481 e. The van der Waals surface area contributed by atoms with Gasteiger partial charge in [-0.05, 0) is 35.1 Å². The van der Waals surface area contributed by atoms with Crippen LogP contribution in [-0.4, -0.2) is 45.9 Å². The number of carbonyl (C=O) groups excluding carboxylic acids is 2. The van der Waals surface area contributed by atoms with E-state index in [0.717, 1.165) is 22.3 Å². The topological polar surface area (TPSA) is 133 Å². The molecule has 182 valence electrons. The minimum atomic E-state index is -0.977. The number of H-pyrrole nitrogens is 1. The van der Waals surface area contributed by atoms with E-state index in [4.69, 9.17) is 4.74 Å². The predicted molar refractivity (Wildman–Crippen MR) is 130 cm³/mol. The molecule has 1 heterocycles. The van der Waals surface area contributed by atoms with Crippen LogP contribution in [0.2, 0.25) is 0 Å². The number of ether oxygens (including phenoxy) is 1. The number of carbonyl (C=O) groups is 3. The Morgan fingerprint density at radius 1 is 1.03 bits per heavy atom. The van der Waals surface area contributed by atoms with Gasteiger partial charge in [0.05, 0.1) is 5.92 Å². The standard InChI is InChI=1S/C26H28N4O5/c1-14(2)23(25(32)33)15(3)27-24(31)21-12-22(30-29-21)28-26(34)35-13-20-18-10-6-4-8-16(18)17-9-5-7-11-19(17)20/h4-12,14-15,20,23H,13H2,1-3H3,(H,27,31)(H,32,33)(H2,28,29,30,34). The van der Waals surface area contributed by atoms with Gasteiger partial charge in [0.25, 0.3) is 5.91 Å². The van der Waals surface area contributed by atoms with Gasteiger partial charge in [-0.3, -0.25) is 20.0 Å². The van der Waals surface area contributed by atoms with Crippen molar-refractivity contribution < 1.29 is 24.2 Å². The molecular formula is C26H28N4O5. The van der Waals surface area contributed by atoms with Gasteiger partial charge in [-0.2, -0.15) is 5.10 Å². The Morgan fingerprint density at radius 3 is 2.20 bits per heavy atom. The molecule has 0 saturated carbocycles. The first-order valence-electron chi connectivity index (χ1n) is 11.5. The van der Waals surface area contributed by atoms with Gasteiger partial charge >= 0.3 is 12.1 Å². The number of aromatic nitrogens is 2. The first-order valence-corrected chi connectivity index (χ1v) is 11.5. The molecule has 0 bridgehead atoms. The molecule has 2 aromatic carbocycles. The maximum absolute atomic E-state index is 12.5. The summed E-state index contributed by atoms with van der Waals surface area (Å²) in [5.41, 5.74) is 4.58. The van der Waals surface area contributed by atoms with Crippen LogP contribution in [0, 0.1) is 11.8 Å². The molecule has 2 amide bonds. The summed E-state index contributed by atoms with van der Waals surface area (Å²) in [6.07, 6.45) is -0.690. The van der Waals surface area contributed by atoms with Gasteiger partial charge in [-0.1, -0.05) is 62.4 Å². The van der Waals surface area contributed by atoms with Crippen LogP contribution < -0.4 is 10.6 Å². The molecule has 9 heteroatoms. The summed E-state index contributed by atoms with van der Waals surface area (Å²) in [7, 11) is 0. The molecule has 0 radical (unpaired) electrons. The summed E-state index contributed by atoms with van der Waals surface area (Å²) >= 11 is 0. The zero-order valence-corrected chi connectivity index (χ0v) is 19.7. The van der Waals surface area contributed by atoms with Crippen molar-refractivity contribution in [2.24, 2.45) is 11.8 Å². The fourth-order valence-corrected chi connectivity index (χ4v) is 4.69. The second-order valence-corrected chi connectivity index (χ2v) is 8.99. The van der Waals surface area contributed by atoms with Gasteiger partial charge in [0, 0.05) is 18.0 Å². The van der Waals surface area contributed by atoms with E-state index in [-0.39, 0.29) is 30.0 Å². The lowest BCUT2D eigenvalue weighted by Gasteiger charge is -2.24. The van der Waals surface area contributed by atoms with Crippen molar-refractivity contribution in [2.45, 2.75) is 32.7 Å². The van der Waals surface area contributed by atoms with Crippen molar-refractivity contribution in [1.82, 2.24) is 15.5 Å². The molecule has 0 fully saturated rings. The number of hydrogen-bond acceptors (Lipinski definition) is 5. The van der Waals surface area contributed by atoms with E-state index >= 15 is 0 Å². The van der Waals surface area contributed by atoms with Crippen LogP contribution in [0.25, 0.3) is 11.1 Å². The Hall–Kier alpha value is -4.14. The average molecular weight is 477 g/mol. The molecule has 1 aromatic heterocycles. The predicted octanol–water partition coefficient (Wildman–Crippen LogP) is 4.25. The number of amides is 2. The first-order chi connectivity index (χ1) is 16.8. The molecule has 4 rings (SSSR count). The van der Waals surface area contributed by atoms with Crippen LogP contribution in [-0.2, 0) is 9.53 Å². The van der Waals surface area contributed by atoms with Crippen LogP contribution >= 0.6 is 0 Å². The highest BCUT2D eigenvalue weighted by Crippen LogP contribution is 2.44. The molecular weight excluding hydrogens is 448 g/mol. The average Bonchev–Trinajstić information content (AvgIpc) is 3.40. The Morgan fingerprint density at radius 2 is 1.63 bits per heavy atom. The summed E-state index contributed by atoms with van der Waals surface area (Å²) in [5.74, 6) is -2.33. The number of aliphatic carboxylic acids is 1. The zero-order valence-electron chi connectivity index (χ0n) is 19.7. The van der Waals surface area contributed by atoms with Crippen molar-refractivity contribution >= 4 is 23.8 Å². The number of carboxylic acid groups (broad SMARTS) is 1. The molecule has 0 spiro atoms. The lowest BCUT2D eigenvalue weighted by atomic mass is 9.89. The van der Waals surface area contributed by atoms with Gasteiger partial charge < -0.3 is 15.2 Å². The van der Waals surface area contributed by atoms with E-state index in [1.54, 1.807) is 20.8 Å². The summed E-state index contributed by atoms with van der Waals surface area (Å²) in [5, 5.41) is 21.1. The third kappa shape index (κ3) is 5.03. The fourth-order valence-electron chi connectivity index (χ4n) is 4.69. The number of carboxylic acids is 1. The van der Waals surface area contributed by atoms with Gasteiger partial charge in [0.2, 0.25) is 0 Å². The second-order valence-electron chi connectivity index (χ2n) is 8.99. The van der Waals surface area contributed by atoms with Crippen molar-refractivity contribution in [3.05, 3.63) is 71.4 Å². The van der Waals surface area contributed by atoms with E-state index in [9.17, 15) is 19.5 Å². The van der Waals surface area contributed by atoms with Crippen LogP contribution in [0.1, 0.15) is 48.3 Å². The monoisotopic (exact) mass is 476 g/mol. The number of rotatable bonds is 8. The fraction of sp³-hybridized carbons (Fsp3) is 0.308. The van der Waals surface area contributed by atoms with Crippen molar-refractivity contribution in [3.8, 4) is 11.1 Å². The Bertz CT molecular complexity index is 1210. The Balaban J connectivity index is 1.35. The third-order valence-electron chi connectivity index (χ3n) is 6.30. The van der Waals surface area contributed by atoms with Gasteiger partial charge in [0.1, 0.15) is 12.3 Å². The number of nitrogens with zero attached hydrogens (tertiary/aromatic N) is 1. The van der Waals surface area contributed by atoms with E-state index in [0.29, 0.717) is 0 Å². The zero-order chi connectivity index (χ0) is 25.1. The molecule has 35 heavy (non-hydrogen) atoms. The summed E-state index contributed by atoms with van der Waals surface area (Å²) in [6, 6.07) is 16.9. The van der Waals surface area contributed by atoms with Crippen LogP contribution in [0.5, 0.6) is 0 Å². The van der Waals surface area contributed by atoms with Crippen LogP contribution in [0.4, 0.5) is 10.6 Å². The lowest BCUT2D eigenvalue weighted by Crippen LogP contribution is -2.43. The Kier molecular flexibility index (Phi) is 6.86. The van der Waals surface area contributed by atoms with E-state index in [1.807, 2.05) is 36.4 Å². The molecule has 4 N–H and O–H groups in total. The van der Waals surface area contributed by atoms with Crippen molar-refractivity contribution in [1.29, 1.82) is 0 Å². The second kappa shape index (κ2) is 10.0. The molecule has 0 aliphatic heterocycles. The lowest BCUT2D eigenvalue weighted by molar-refractivity contribution is -0.144. The van der Waals surface area contributed by atoms with E-state index < -0.39 is 29.9 Å². The quantitative estimate of drug-likeness (QED) is 0.384. The summed E-state index contributed by atoms with van der Waals surface area (Å²) in [4.78, 5) is 36.4. The third-order valence-corrected chi connectivity index (χ3v) is 6.30. The van der Waals surface area contributed by atoms with Crippen LogP contribution in [0.3, 0.4) is 0 Å². The molecule has 1 aliphatic carbocycles. The van der Waals surface area contributed by atoms with Gasteiger partial charge in [-0.15, -0.1) is 0 Å². The number of benzene rings is 2. The minimum absolute atomic E-state index is 0.0710. The van der Waals surface area contributed by atoms with Gasteiger partial charge in [-0.25, -0.2) is 4.79 Å². The number of fused-ring (bicyclic) bond motifs is 3. The van der Waals surface area contributed by atoms with E-state index in [1.165, 1.54) is 6.07 Å².